The van der Waals surface area contributed by atoms with Crippen LogP contribution >= 0.6 is 0 Å². The van der Waals surface area contributed by atoms with Crippen LogP contribution in [0.3, 0.4) is 0 Å². The molecule has 2 unspecified atom stereocenters. The first kappa shape index (κ1) is 22.8. The van der Waals surface area contributed by atoms with Gasteiger partial charge in [0.05, 0.1) is 6.04 Å². The Balaban J connectivity index is 1.81. The summed E-state index contributed by atoms with van der Waals surface area (Å²) >= 11 is 0. The molecule has 0 saturated heterocycles. The van der Waals surface area contributed by atoms with Crippen molar-refractivity contribution in [1.82, 2.24) is 0 Å². The second kappa shape index (κ2) is 8.86. The molecule has 3 aromatic carbocycles. The van der Waals surface area contributed by atoms with Gasteiger partial charge in [-0.05, 0) is 60.2 Å². The number of nitrogens with zero attached hydrogens (tertiary/aromatic N) is 2. The molecule has 1 aliphatic heterocycles. The Bertz CT molecular complexity index is 1150. The average Bonchev–Trinajstić information content (AvgIpc) is 2.79. The molecule has 2 atom stereocenters. The summed E-state index contributed by atoms with van der Waals surface area (Å²) in [5.41, 5.74) is 4.60. The van der Waals surface area contributed by atoms with Crippen molar-refractivity contribution in [3.63, 3.8) is 0 Å². The number of hydrogen-bond donors (Lipinski definition) is 0. The molecule has 170 valence electrons. The van der Waals surface area contributed by atoms with Gasteiger partial charge in [-0.25, -0.2) is 0 Å². The van der Waals surface area contributed by atoms with E-state index in [0.717, 1.165) is 16.9 Å². The van der Waals surface area contributed by atoms with Crippen LogP contribution in [-0.4, -0.2) is 17.9 Å². The van der Waals surface area contributed by atoms with Gasteiger partial charge in [0.1, 0.15) is 0 Å². The van der Waals surface area contributed by atoms with E-state index in [2.05, 4.69) is 27.7 Å². The molecule has 0 fully saturated rings. The second-order valence-corrected chi connectivity index (χ2v) is 9.89. The van der Waals surface area contributed by atoms with E-state index in [1.54, 1.807) is 6.92 Å². The van der Waals surface area contributed by atoms with Crippen LogP contribution in [0.1, 0.15) is 68.6 Å². The Kier molecular flexibility index (Phi) is 6.11. The molecule has 0 aromatic heterocycles. The van der Waals surface area contributed by atoms with Crippen LogP contribution < -0.4 is 9.80 Å². The fraction of sp³-hybridized carbons (Fsp3) is 0.310. The normalized spacial score (nSPS) is 17.9. The molecule has 0 N–H and O–H groups in total. The molecule has 0 spiro atoms. The van der Waals surface area contributed by atoms with E-state index >= 15 is 0 Å². The summed E-state index contributed by atoms with van der Waals surface area (Å²) in [7, 11) is 0. The minimum atomic E-state index is -0.177. The van der Waals surface area contributed by atoms with E-state index in [1.165, 1.54) is 5.56 Å². The summed E-state index contributed by atoms with van der Waals surface area (Å²) in [6.45, 7) is 10.2. The number of hydrogen-bond acceptors (Lipinski definition) is 2. The van der Waals surface area contributed by atoms with Crippen molar-refractivity contribution in [3.8, 4) is 0 Å². The van der Waals surface area contributed by atoms with Crippen molar-refractivity contribution in [3.05, 3.63) is 95.6 Å². The van der Waals surface area contributed by atoms with E-state index in [0.29, 0.717) is 12.0 Å². The number of benzene rings is 3. The van der Waals surface area contributed by atoms with E-state index in [1.807, 2.05) is 88.7 Å². The van der Waals surface area contributed by atoms with Crippen LogP contribution in [0.2, 0.25) is 0 Å². The highest BCUT2D eigenvalue weighted by Gasteiger charge is 2.38. The minimum absolute atomic E-state index is 0.0174. The van der Waals surface area contributed by atoms with Crippen molar-refractivity contribution in [2.75, 3.05) is 9.80 Å². The van der Waals surface area contributed by atoms with Crippen LogP contribution in [-0.2, 0) is 10.2 Å². The molecule has 4 nitrogen and oxygen atoms in total. The highest BCUT2D eigenvalue weighted by atomic mass is 16.2. The smallest absolute Gasteiger partial charge is 0.258 e. The number of rotatable bonds is 3. The minimum Gasteiger partial charge on any atom is -0.309 e. The lowest BCUT2D eigenvalue weighted by molar-refractivity contribution is -0.117. The third-order valence-electron chi connectivity index (χ3n) is 6.46. The number of carbonyl (C=O) groups is 2. The van der Waals surface area contributed by atoms with Crippen molar-refractivity contribution in [2.45, 2.75) is 58.5 Å². The van der Waals surface area contributed by atoms with Gasteiger partial charge in [0.25, 0.3) is 5.91 Å². The van der Waals surface area contributed by atoms with Gasteiger partial charge in [-0.1, -0.05) is 69.3 Å². The van der Waals surface area contributed by atoms with Gasteiger partial charge in [-0.15, -0.1) is 0 Å². The van der Waals surface area contributed by atoms with Crippen molar-refractivity contribution in [2.24, 2.45) is 0 Å². The van der Waals surface area contributed by atoms with E-state index in [4.69, 9.17) is 0 Å². The van der Waals surface area contributed by atoms with Crippen LogP contribution in [0.4, 0.5) is 11.4 Å². The maximum Gasteiger partial charge on any atom is 0.258 e. The standard InChI is InChI=1S/C29H32N2O2/c1-20-19-27(25-13-9-10-14-26(25)30(20)21(2)32)31(24-11-7-6-8-12-24)28(33)22-15-17-23(18-16-22)29(3,4)5/h6-18,20,27H,19H2,1-5H3. The molecule has 3 aromatic rings. The fourth-order valence-electron chi connectivity index (χ4n) is 4.79. The molecular formula is C29H32N2O2. The second-order valence-electron chi connectivity index (χ2n) is 9.89. The molecule has 2 amide bonds. The predicted molar refractivity (Wildman–Crippen MR) is 135 cm³/mol. The van der Waals surface area contributed by atoms with Gasteiger partial charge >= 0.3 is 0 Å². The zero-order valence-corrected chi connectivity index (χ0v) is 20.1. The first-order valence-electron chi connectivity index (χ1n) is 11.6. The molecule has 1 heterocycles. The third kappa shape index (κ3) is 4.43. The van der Waals surface area contributed by atoms with Crippen LogP contribution in [0.25, 0.3) is 0 Å². The molecule has 0 saturated carbocycles. The van der Waals surface area contributed by atoms with Gasteiger partial charge in [0, 0.05) is 29.9 Å². The van der Waals surface area contributed by atoms with Crippen molar-refractivity contribution in [1.29, 1.82) is 0 Å². The summed E-state index contributed by atoms with van der Waals surface area (Å²) in [6.07, 6.45) is 0.664. The van der Waals surface area contributed by atoms with Crippen molar-refractivity contribution >= 4 is 23.2 Å². The molecule has 0 radical (unpaired) electrons. The molecule has 0 bridgehead atoms. The number of anilines is 2. The lowest BCUT2D eigenvalue weighted by atomic mass is 9.86. The maximum absolute atomic E-state index is 14.0. The average molecular weight is 441 g/mol. The molecule has 33 heavy (non-hydrogen) atoms. The monoisotopic (exact) mass is 440 g/mol. The Labute approximate surface area is 196 Å². The van der Waals surface area contributed by atoms with Gasteiger partial charge in [0.2, 0.25) is 5.91 Å². The summed E-state index contributed by atoms with van der Waals surface area (Å²) in [6, 6.07) is 25.5. The summed E-state index contributed by atoms with van der Waals surface area (Å²) in [4.78, 5) is 30.2. The van der Waals surface area contributed by atoms with E-state index in [-0.39, 0.29) is 29.3 Å². The molecule has 1 aliphatic rings. The Morgan fingerprint density at radius 3 is 2.09 bits per heavy atom. The van der Waals surface area contributed by atoms with Gasteiger partial charge in [-0.3, -0.25) is 9.59 Å². The molecule has 4 rings (SSSR count). The van der Waals surface area contributed by atoms with Gasteiger partial charge < -0.3 is 9.80 Å². The highest BCUT2D eigenvalue weighted by molar-refractivity contribution is 6.07. The first-order valence-corrected chi connectivity index (χ1v) is 11.6. The number of fused-ring (bicyclic) bond motifs is 1. The predicted octanol–water partition coefficient (Wildman–Crippen LogP) is 6.52. The lowest BCUT2D eigenvalue weighted by Crippen LogP contribution is -2.47. The van der Waals surface area contributed by atoms with E-state index in [9.17, 15) is 9.59 Å². The number of carbonyl (C=O) groups excluding carboxylic acids is 2. The third-order valence-corrected chi connectivity index (χ3v) is 6.46. The van der Waals surface area contributed by atoms with Crippen LogP contribution in [0, 0.1) is 0 Å². The van der Waals surface area contributed by atoms with Gasteiger partial charge in [-0.2, -0.15) is 0 Å². The summed E-state index contributed by atoms with van der Waals surface area (Å²) < 4.78 is 0. The highest BCUT2D eigenvalue weighted by Crippen LogP contribution is 2.42. The first-order chi connectivity index (χ1) is 15.7. The Morgan fingerprint density at radius 1 is 0.879 bits per heavy atom. The van der Waals surface area contributed by atoms with Gasteiger partial charge in [0.15, 0.2) is 0 Å². The van der Waals surface area contributed by atoms with Crippen LogP contribution in [0.5, 0.6) is 0 Å². The quantitative estimate of drug-likeness (QED) is 0.465. The Morgan fingerprint density at radius 2 is 1.48 bits per heavy atom. The van der Waals surface area contributed by atoms with Crippen LogP contribution in [0.15, 0.2) is 78.9 Å². The largest absolute Gasteiger partial charge is 0.309 e. The SMILES string of the molecule is CC(=O)N1c2ccccc2C(N(C(=O)c2ccc(C(C)(C)C)cc2)c2ccccc2)CC1C. The molecular weight excluding hydrogens is 408 g/mol. The van der Waals surface area contributed by atoms with E-state index < -0.39 is 0 Å². The Hall–Kier alpha value is -3.40. The lowest BCUT2D eigenvalue weighted by Gasteiger charge is -2.43. The number of para-hydroxylation sites is 2. The number of amides is 2. The zero-order chi connectivity index (χ0) is 23.8. The summed E-state index contributed by atoms with van der Waals surface area (Å²) in [5.74, 6) is -0.0197. The summed E-state index contributed by atoms with van der Waals surface area (Å²) in [5, 5.41) is 0. The zero-order valence-electron chi connectivity index (χ0n) is 20.1. The topological polar surface area (TPSA) is 40.6 Å². The molecule has 4 heteroatoms. The molecule has 0 aliphatic carbocycles. The maximum atomic E-state index is 14.0. The fourth-order valence-corrected chi connectivity index (χ4v) is 4.79. The van der Waals surface area contributed by atoms with Crippen molar-refractivity contribution < 1.29 is 9.59 Å².